The highest BCUT2D eigenvalue weighted by molar-refractivity contribution is 5.73. The van der Waals surface area contributed by atoms with E-state index in [1.807, 2.05) is 7.05 Å². The lowest BCUT2D eigenvalue weighted by Gasteiger charge is -2.11. The summed E-state index contributed by atoms with van der Waals surface area (Å²) in [6.45, 7) is 4.27. The molecule has 0 unspecified atom stereocenters. The van der Waals surface area contributed by atoms with Gasteiger partial charge in [0, 0.05) is 12.7 Å². The van der Waals surface area contributed by atoms with E-state index in [9.17, 15) is 0 Å². The molecular weight excluding hydrogens is 194 g/mol. The molecule has 16 heavy (non-hydrogen) atoms. The summed E-state index contributed by atoms with van der Waals surface area (Å²) in [5.74, 6) is 0. The van der Waals surface area contributed by atoms with Gasteiger partial charge in [0.15, 0.2) is 0 Å². The highest BCUT2D eigenvalue weighted by Gasteiger charge is 2.04. The fourth-order valence-corrected chi connectivity index (χ4v) is 1.95. The van der Waals surface area contributed by atoms with Crippen molar-refractivity contribution in [3.05, 3.63) is 53.6 Å². The van der Waals surface area contributed by atoms with Gasteiger partial charge in [0.25, 0.3) is 0 Å². The Morgan fingerprint density at radius 1 is 0.875 bits per heavy atom. The Hall–Kier alpha value is -1.76. The van der Waals surface area contributed by atoms with Crippen LogP contribution in [-0.4, -0.2) is 7.05 Å². The first kappa shape index (κ1) is 10.7. The zero-order chi connectivity index (χ0) is 11.5. The summed E-state index contributed by atoms with van der Waals surface area (Å²) in [6, 6.07) is 15.0. The van der Waals surface area contributed by atoms with E-state index in [1.54, 1.807) is 0 Å². The molecule has 0 aliphatic rings. The third kappa shape index (κ3) is 1.94. The molecule has 0 saturated heterocycles. The molecule has 1 N–H and O–H groups in total. The molecule has 0 amide bonds. The van der Waals surface area contributed by atoms with Crippen molar-refractivity contribution in [1.82, 2.24) is 0 Å². The summed E-state index contributed by atoms with van der Waals surface area (Å²) < 4.78 is 0. The van der Waals surface area contributed by atoms with Crippen molar-refractivity contribution < 1.29 is 0 Å². The Balaban J connectivity index is 2.51. The fraction of sp³-hybridized carbons (Fsp3) is 0.200. The Bertz CT molecular complexity index is 483. The van der Waals surface area contributed by atoms with Crippen LogP contribution in [0.2, 0.25) is 0 Å². The zero-order valence-electron chi connectivity index (χ0n) is 10.0. The smallest absolute Gasteiger partial charge is 0.0373 e. The number of benzene rings is 2. The molecule has 82 valence electrons. The summed E-state index contributed by atoms with van der Waals surface area (Å²) >= 11 is 0. The average Bonchev–Trinajstić information content (AvgIpc) is 2.31. The predicted octanol–water partition coefficient (Wildman–Crippen LogP) is 4.01. The third-order valence-electron chi connectivity index (χ3n) is 2.97. The maximum Gasteiger partial charge on any atom is 0.0373 e. The standard InChI is InChI=1S/C15H17N/c1-11-7-9-13(10-8-11)14-5-4-6-15(16-3)12(14)2/h4-10,16H,1-3H3. The van der Waals surface area contributed by atoms with E-state index in [2.05, 4.69) is 61.6 Å². The quantitative estimate of drug-likeness (QED) is 0.791. The van der Waals surface area contributed by atoms with Crippen molar-refractivity contribution in [3.8, 4) is 11.1 Å². The Labute approximate surface area is 97.1 Å². The van der Waals surface area contributed by atoms with Crippen LogP contribution >= 0.6 is 0 Å². The molecule has 1 nitrogen and oxygen atoms in total. The van der Waals surface area contributed by atoms with Crippen LogP contribution < -0.4 is 5.32 Å². The number of aryl methyl sites for hydroxylation is 1. The van der Waals surface area contributed by atoms with Crippen LogP contribution in [-0.2, 0) is 0 Å². The normalized spacial score (nSPS) is 10.2. The van der Waals surface area contributed by atoms with Gasteiger partial charge >= 0.3 is 0 Å². The van der Waals surface area contributed by atoms with Crippen molar-refractivity contribution in [2.24, 2.45) is 0 Å². The molecule has 0 atom stereocenters. The van der Waals surface area contributed by atoms with Gasteiger partial charge in [-0.25, -0.2) is 0 Å². The van der Waals surface area contributed by atoms with E-state index in [0.717, 1.165) is 0 Å². The van der Waals surface area contributed by atoms with Gasteiger partial charge in [0.1, 0.15) is 0 Å². The lowest BCUT2D eigenvalue weighted by Crippen LogP contribution is -1.93. The largest absolute Gasteiger partial charge is 0.388 e. The van der Waals surface area contributed by atoms with Gasteiger partial charge in [-0.15, -0.1) is 0 Å². The minimum atomic E-state index is 1.19. The molecule has 0 radical (unpaired) electrons. The number of rotatable bonds is 2. The van der Waals surface area contributed by atoms with Crippen molar-refractivity contribution in [2.45, 2.75) is 13.8 Å². The second kappa shape index (κ2) is 4.40. The van der Waals surface area contributed by atoms with Crippen molar-refractivity contribution in [2.75, 3.05) is 12.4 Å². The van der Waals surface area contributed by atoms with Crippen LogP contribution in [0.4, 0.5) is 5.69 Å². The summed E-state index contributed by atoms with van der Waals surface area (Å²) in [6.07, 6.45) is 0. The third-order valence-corrected chi connectivity index (χ3v) is 2.97. The van der Waals surface area contributed by atoms with Crippen LogP contribution in [0, 0.1) is 13.8 Å². The van der Waals surface area contributed by atoms with Crippen LogP contribution in [0.3, 0.4) is 0 Å². The second-order valence-corrected chi connectivity index (χ2v) is 4.09. The molecule has 0 aromatic heterocycles. The van der Waals surface area contributed by atoms with Crippen LogP contribution in [0.1, 0.15) is 11.1 Å². The van der Waals surface area contributed by atoms with E-state index in [-0.39, 0.29) is 0 Å². The van der Waals surface area contributed by atoms with E-state index in [1.165, 1.54) is 27.9 Å². The van der Waals surface area contributed by atoms with Gasteiger partial charge in [-0.1, -0.05) is 42.0 Å². The van der Waals surface area contributed by atoms with Crippen LogP contribution in [0.5, 0.6) is 0 Å². The Kier molecular flexibility index (Phi) is 2.95. The number of hydrogen-bond donors (Lipinski definition) is 1. The summed E-state index contributed by atoms with van der Waals surface area (Å²) in [4.78, 5) is 0. The number of hydrogen-bond acceptors (Lipinski definition) is 1. The van der Waals surface area contributed by atoms with Crippen molar-refractivity contribution >= 4 is 5.69 Å². The minimum Gasteiger partial charge on any atom is -0.388 e. The van der Waals surface area contributed by atoms with Crippen molar-refractivity contribution in [3.63, 3.8) is 0 Å². The second-order valence-electron chi connectivity index (χ2n) is 4.09. The zero-order valence-corrected chi connectivity index (χ0v) is 10.0. The molecule has 2 aromatic carbocycles. The molecule has 1 heteroatoms. The van der Waals surface area contributed by atoms with Gasteiger partial charge in [-0.05, 0) is 36.6 Å². The molecule has 0 bridgehead atoms. The first-order valence-corrected chi connectivity index (χ1v) is 5.57. The Morgan fingerprint density at radius 3 is 2.19 bits per heavy atom. The van der Waals surface area contributed by atoms with Crippen LogP contribution in [0.15, 0.2) is 42.5 Å². The molecule has 2 rings (SSSR count). The van der Waals surface area contributed by atoms with E-state index in [0.29, 0.717) is 0 Å². The van der Waals surface area contributed by atoms with Gasteiger partial charge in [-0.3, -0.25) is 0 Å². The van der Waals surface area contributed by atoms with E-state index < -0.39 is 0 Å². The maximum atomic E-state index is 3.22. The number of anilines is 1. The highest BCUT2D eigenvalue weighted by Crippen LogP contribution is 2.28. The molecular formula is C15H17N. The monoisotopic (exact) mass is 211 g/mol. The molecule has 0 aliphatic carbocycles. The predicted molar refractivity (Wildman–Crippen MR) is 70.9 cm³/mol. The lowest BCUT2D eigenvalue weighted by molar-refractivity contribution is 1.39. The van der Waals surface area contributed by atoms with E-state index in [4.69, 9.17) is 0 Å². The van der Waals surface area contributed by atoms with E-state index >= 15 is 0 Å². The highest BCUT2D eigenvalue weighted by atomic mass is 14.8. The minimum absolute atomic E-state index is 1.19. The maximum absolute atomic E-state index is 3.22. The Morgan fingerprint density at radius 2 is 1.56 bits per heavy atom. The van der Waals surface area contributed by atoms with Crippen LogP contribution in [0.25, 0.3) is 11.1 Å². The molecule has 2 aromatic rings. The van der Waals surface area contributed by atoms with Gasteiger partial charge in [0.2, 0.25) is 0 Å². The van der Waals surface area contributed by atoms with Gasteiger partial charge < -0.3 is 5.32 Å². The summed E-state index contributed by atoms with van der Waals surface area (Å²) in [5, 5.41) is 3.22. The van der Waals surface area contributed by atoms with Crippen molar-refractivity contribution in [1.29, 1.82) is 0 Å². The first-order chi connectivity index (χ1) is 7.72. The topological polar surface area (TPSA) is 12.0 Å². The van der Waals surface area contributed by atoms with Gasteiger partial charge in [0.05, 0.1) is 0 Å². The fourth-order valence-electron chi connectivity index (χ4n) is 1.95. The molecule has 0 spiro atoms. The molecule has 0 saturated carbocycles. The summed E-state index contributed by atoms with van der Waals surface area (Å²) in [7, 11) is 1.96. The molecule has 0 heterocycles. The van der Waals surface area contributed by atoms with Gasteiger partial charge in [-0.2, -0.15) is 0 Å². The SMILES string of the molecule is CNc1cccc(-c2ccc(C)cc2)c1C. The molecule has 0 aliphatic heterocycles. The average molecular weight is 211 g/mol. The molecule has 0 fully saturated rings. The number of nitrogens with one attached hydrogen (secondary N) is 1. The summed E-state index contributed by atoms with van der Waals surface area (Å²) in [5.41, 5.74) is 6.37. The lowest BCUT2D eigenvalue weighted by atomic mass is 9.98. The first-order valence-electron chi connectivity index (χ1n) is 5.57.